The molecule has 1 aliphatic rings. The van der Waals surface area contributed by atoms with E-state index in [9.17, 15) is 9.59 Å². The first kappa shape index (κ1) is 17.5. The number of hydrogen-bond acceptors (Lipinski definition) is 3. The number of carbonyl (C=O) groups is 2. The summed E-state index contributed by atoms with van der Waals surface area (Å²) in [4.78, 5) is 26.3. The standard InChI is InChI=1S/C19H19BrN2O3/c1-12-7-8-14(11-15(12)20)21-18(23)9-10-22-16-5-3-4-6-17(16)25-13(2)19(22)24/h3-8,11,13H,9-10H2,1-2H3,(H,21,23). The Bertz CT molecular complexity index is 822. The lowest BCUT2D eigenvalue weighted by Crippen LogP contribution is -2.45. The first-order valence-corrected chi connectivity index (χ1v) is 8.88. The average Bonchev–Trinajstić information content (AvgIpc) is 2.58. The number of carbonyl (C=O) groups excluding carboxylic acids is 2. The Hall–Kier alpha value is -2.34. The molecule has 0 aliphatic carbocycles. The fourth-order valence-corrected chi connectivity index (χ4v) is 3.08. The summed E-state index contributed by atoms with van der Waals surface area (Å²) in [6.07, 6.45) is -0.343. The zero-order chi connectivity index (χ0) is 18.0. The van der Waals surface area contributed by atoms with Crippen LogP contribution in [0.15, 0.2) is 46.9 Å². The van der Waals surface area contributed by atoms with E-state index < -0.39 is 6.10 Å². The molecule has 1 aliphatic heterocycles. The van der Waals surface area contributed by atoms with Crippen LogP contribution in [0.1, 0.15) is 18.9 Å². The van der Waals surface area contributed by atoms with Gasteiger partial charge in [-0.15, -0.1) is 0 Å². The number of nitrogens with zero attached hydrogens (tertiary/aromatic N) is 1. The minimum absolute atomic E-state index is 0.135. The van der Waals surface area contributed by atoms with Gasteiger partial charge in [-0.1, -0.05) is 34.1 Å². The Labute approximate surface area is 155 Å². The number of hydrogen-bond donors (Lipinski definition) is 1. The van der Waals surface area contributed by atoms with Gasteiger partial charge in [0.1, 0.15) is 5.75 Å². The maximum atomic E-state index is 12.4. The third kappa shape index (κ3) is 3.85. The molecule has 2 aromatic rings. The van der Waals surface area contributed by atoms with Gasteiger partial charge in [-0.25, -0.2) is 0 Å². The maximum absolute atomic E-state index is 12.4. The first-order valence-electron chi connectivity index (χ1n) is 8.09. The van der Waals surface area contributed by atoms with Crippen molar-refractivity contribution in [3.63, 3.8) is 0 Å². The third-order valence-corrected chi connectivity index (χ3v) is 4.95. The third-order valence-electron chi connectivity index (χ3n) is 4.09. The number of amides is 2. The van der Waals surface area contributed by atoms with Crippen LogP contribution in [0.3, 0.4) is 0 Å². The molecule has 0 bridgehead atoms. The van der Waals surface area contributed by atoms with E-state index in [1.54, 1.807) is 11.8 Å². The largest absolute Gasteiger partial charge is 0.479 e. The summed E-state index contributed by atoms with van der Waals surface area (Å²) in [5.41, 5.74) is 2.53. The molecule has 2 amide bonds. The molecule has 2 aromatic carbocycles. The van der Waals surface area contributed by atoms with Gasteiger partial charge in [0.05, 0.1) is 5.69 Å². The molecule has 3 rings (SSSR count). The molecule has 0 saturated heterocycles. The molecular weight excluding hydrogens is 384 g/mol. The van der Waals surface area contributed by atoms with Gasteiger partial charge in [0.25, 0.3) is 5.91 Å². The van der Waals surface area contributed by atoms with Gasteiger partial charge in [0.2, 0.25) is 5.91 Å². The van der Waals surface area contributed by atoms with Crippen molar-refractivity contribution in [1.82, 2.24) is 0 Å². The van der Waals surface area contributed by atoms with Crippen molar-refractivity contribution in [2.45, 2.75) is 26.4 Å². The van der Waals surface area contributed by atoms with E-state index in [-0.39, 0.29) is 18.2 Å². The molecule has 0 aromatic heterocycles. The quantitative estimate of drug-likeness (QED) is 0.843. The second kappa shape index (κ2) is 7.27. The van der Waals surface area contributed by atoms with E-state index in [0.29, 0.717) is 18.0 Å². The number of ether oxygens (including phenoxy) is 1. The summed E-state index contributed by atoms with van der Waals surface area (Å²) in [7, 11) is 0. The number of fused-ring (bicyclic) bond motifs is 1. The average molecular weight is 403 g/mol. The SMILES string of the molecule is Cc1ccc(NC(=O)CCN2C(=O)C(C)Oc3ccccc32)cc1Br. The monoisotopic (exact) mass is 402 g/mol. The summed E-state index contributed by atoms with van der Waals surface area (Å²) < 4.78 is 6.55. The smallest absolute Gasteiger partial charge is 0.267 e. The van der Waals surface area contributed by atoms with E-state index in [0.717, 1.165) is 15.7 Å². The summed E-state index contributed by atoms with van der Waals surface area (Å²) in [5, 5.41) is 2.86. The highest BCUT2D eigenvalue weighted by atomic mass is 79.9. The molecule has 0 radical (unpaired) electrons. The Morgan fingerprint density at radius 1 is 1.28 bits per heavy atom. The number of para-hydroxylation sites is 2. The van der Waals surface area contributed by atoms with Crippen molar-refractivity contribution in [3.05, 3.63) is 52.5 Å². The normalized spacial score (nSPS) is 16.2. The fraction of sp³-hybridized carbons (Fsp3) is 0.263. The van der Waals surface area contributed by atoms with Crippen molar-refractivity contribution in [2.24, 2.45) is 0 Å². The number of halogens is 1. The summed E-state index contributed by atoms with van der Waals surface area (Å²) >= 11 is 3.45. The van der Waals surface area contributed by atoms with Gasteiger partial charge >= 0.3 is 0 Å². The summed E-state index contributed by atoms with van der Waals surface area (Å²) in [6, 6.07) is 13.0. The van der Waals surface area contributed by atoms with Gasteiger partial charge in [0, 0.05) is 23.1 Å². The van der Waals surface area contributed by atoms with Crippen LogP contribution >= 0.6 is 15.9 Å². The van der Waals surface area contributed by atoms with Crippen LogP contribution in [0, 0.1) is 6.92 Å². The van der Waals surface area contributed by atoms with Crippen LogP contribution in [-0.4, -0.2) is 24.5 Å². The zero-order valence-electron chi connectivity index (χ0n) is 14.1. The second-order valence-electron chi connectivity index (χ2n) is 5.98. The van der Waals surface area contributed by atoms with Gasteiger partial charge in [-0.2, -0.15) is 0 Å². The number of anilines is 2. The van der Waals surface area contributed by atoms with Gasteiger partial charge in [-0.3, -0.25) is 9.59 Å². The number of benzene rings is 2. The van der Waals surface area contributed by atoms with Crippen molar-refractivity contribution in [3.8, 4) is 5.75 Å². The Balaban J connectivity index is 1.67. The lowest BCUT2D eigenvalue weighted by molar-refractivity contribution is -0.125. The highest BCUT2D eigenvalue weighted by molar-refractivity contribution is 9.10. The van der Waals surface area contributed by atoms with E-state index >= 15 is 0 Å². The second-order valence-corrected chi connectivity index (χ2v) is 6.83. The fourth-order valence-electron chi connectivity index (χ4n) is 2.70. The minimum Gasteiger partial charge on any atom is -0.479 e. The number of rotatable bonds is 4. The molecule has 0 fully saturated rings. The summed E-state index contributed by atoms with van der Waals surface area (Å²) in [6.45, 7) is 4.01. The molecule has 0 saturated carbocycles. The highest BCUT2D eigenvalue weighted by Crippen LogP contribution is 2.33. The van der Waals surface area contributed by atoms with Crippen LogP contribution in [0.25, 0.3) is 0 Å². The van der Waals surface area contributed by atoms with E-state index in [2.05, 4.69) is 21.2 Å². The minimum atomic E-state index is -0.550. The molecule has 1 atom stereocenters. The molecule has 1 N–H and O–H groups in total. The molecule has 1 heterocycles. The Kier molecular flexibility index (Phi) is 5.08. The number of aryl methyl sites for hydroxylation is 1. The summed E-state index contributed by atoms with van der Waals surface area (Å²) in [5.74, 6) is 0.391. The van der Waals surface area contributed by atoms with E-state index in [1.165, 1.54) is 0 Å². The molecule has 130 valence electrons. The lowest BCUT2D eigenvalue weighted by atomic mass is 10.1. The molecule has 5 nitrogen and oxygen atoms in total. The van der Waals surface area contributed by atoms with Crippen molar-refractivity contribution in [1.29, 1.82) is 0 Å². The van der Waals surface area contributed by atoms with Gasteiger partial charge < -0.3 is 15.0 Å². The molecule has 6 heteroatoms. The van der Waals surface area contributed by atoms with Crippen LogP contribution in [-0.2, 0) is 9.59 Å². The lowest BCUT2D eigenvalue weighted by Gasteiger charge is -2.32. The van der Waals surface area contributed by atoms with E-state index in [4.69, 9.17) is 4.74 Å². The predicted molar refractivity (Wildman–Crippen MR) is 101 cm³/mol. The van der Waals surface area contributed by atoms with Crippen LogP contribution < -0.4 is 15.0 Å². The molecule has 0 spiro atoms. The Morgan fingerprint density at radius 3 is 2.80 bits per heavy atom. The van der Waals surface area contributed by atoms with Gasteiger partial charge in [0.15, 0.2) is 6.10 Å². The maximum Gasteiger partial charge on any atom is 0.267 e. The topological polar surface area (TPSA) is 58.6 Å². The van der Waals surface area contributed by atoms with Crippen LogP contribution in [0.2, 0.25) is 0 Å². The van der Waals surface area contributed by atoms with Crippen molar-refractivity contribution >= 4 is 39.1 Å². The van der Waals surface area contributed by atoms with E-state index in [1.807, 2.05) is 49.4 Å². The van der Waals surface area contributed by atoms with Gasteiger partial charge in [-0.05, 0) is 43.7 Å². The molecular formula is C19H19BrN2O3. The zero-order valence-corrected chi connectivity index (χ0v) is 15.7. The Morgan fingerprint density at radius 2 is 2.04 bits per heavy atom. The van der Waals surface area contributed by atoms with Crippen molar-refractivity contribution < 1.29 is 14.3 Å². The molecule has 25 heavy (non-hydrogen) atoms. The van der Waals surface area contributed by atoms with Crippen LogP contribution in [0.5, 0.6) is 5.75 Å². The molecule has 1 unspecified atom stereocenters. The van der Waals surface area contributed by atoms with Crippen LogP contribution in [0.4, 0.5) is 11.4 Å². The highest BCUT2D eigenvalue weighted by Gasteiger charge is 2.31. The predicted octanol–water partition coefficient (Wildman–Crippen LogP) is 3.90. The first-order chi connectivity index (χ1) is 12.0. The number of nitrogens with one attached hydrogen (secondary N) is 1. The van der Waals surface area contributed by atoms with Crippen molar-refractivity contribution in [2.75, 3.05) is 16.8 Å².